The first kappa shape index (κ1) is 18.9. The van der Waals surface area contributed by atoms with Crippen molar-refractivity contribution in [3.05, 3.63) is 71.5 Å². The average molecular weight is 372 g/mol. The van der Waals surface area contributed by atoms with E-state index in [-0.39, 0.29) is 5.91 Å². The third-order valence-electron chi connectivity index (χ3n) is 3.97. The maximum atomic E-state index is 12.3. The van der Waals surface area contributed by atoms with Crippen LogP contribution in [0.1, 0.15) is 21.7 Å². The average Bonchev–Trinajstić information content (AvgIpc) is 2.69. The van der Waals surface area contributed by atoms with Gasteiger partial charge in [-0.25, -0.2) is 9.97 Å². The van der Waals surface area contributed by atoms with Crippen LogP contribution in [-0.2, 0) is 0 Å². The summed E-state index contributed by atoms with van der Waals surface area (Å²) in [5.74, 6) is 1.97. The normalized spacial score (nSPS) is 10.1. The summed E-state index contributed by atoms with van der Waals surface area (Å²) in [6.45, 7) is 1.85. The molecule has 0 unspecified atom stereocenters. The second-order valence-electron chi connectivity index (χ2n) is 6.40. The van der Waals surface area contributed by atoms with Gasteiger partial charge < -0.3 is 15.5 Å². The van der Waals surface area contributed by atoms with Crippen LogP contribution in [0.2, 0.25) is 0 Å². The summed E-state index contributed by atoms with van der Waals surface area (Å²) < 4.78 is 0. The highest BCUT2D eigenvalue weighted by atomic mass is 16.1. The molecule has 28 heavy (non-hydrogen) atoms. The SMILES string of the molecule is Cc1nc(Nc2ccc(NC(=O)c3ccc(C#N)cc3)cc2)cc(N(C)C)n1. The van der Waals surface area contributed by atoms with Crippen LogP contribution in [0.3, 0.4) is 0 Å². The van der Waals surface area contributed by atoms with Gasteiger partial charge >= 0.3 is 0 Å². The lowest BCUT2D eigenvalue weighted by Crippen LogP contribution is -2.12. The molecule has 0 saturated carbocycles. The molecule has 140 valence electrons. The third kappa shape index (κ3) is 4.62. The summed E-state index contributed by atoms with van der Waals surface area (Å²) in [6, 6.07) is 17.7. The maximum absolute atomic E-state index is 12.3. The van der Waals surface area contributed by atoms with Gasteiger partial charge in [0.1, 0.15) is 17.5 Å². The molecule has 2 aromatic carbocycles. The molecule has 3 aromatic rings. The Balaban J connectivity index is 1.68. The summed E-state index contributed by atoms with van der Waals surface area (Å²) in [5.41, 5.74) is 2.53. The van der Waals surface area contributed by atoms with Crippen LogP contribution in [-0.4, -0.2) is 30.0 Å². The quantitative estimate of drug-likeness (QED) is 0.709. The number of nitrogens with zero attached hydrogens (tertiary/aromatic N) is 4. The molecular formula is C21H20N6O. The van der Waals surface area contributed by atoms with E-state index in [1.807, 2.05) is 62.3 Å². The number of anilines is 4. The molecular weight excluding hydrogens is 352 g/mol. The van der Waals surface area contributed by atoms with Crippen molar-refractivity contribution in [2.45, 2.75) is 6.92 Å². The Hall–Kier alpha value is -3.92. The lowest BCUT2D eigenvalue weighted by Gasteiger charge is -2.14. The molecule has 0 spiro atoms. The van der Waals surface area contributed by atoms with E-state index in [4.69, 9.17) is 5.26 Å². The van der Waals surface area contributed by atoms with Crippen molar-refractivity contribution in [1.82, 2.24) is 9.97 Å². The summed E-state index contributed by atoms with van der Waals surface area (Å²) in [4.78, 5) is 23.0. The van der Waals surface area contributed by atoms with Gasteiger partial charge in [-0.1, -0.05) is 0 Å². The van der Waals surface area contributed by atoms with Crippen molar-refractivity contribution in [2.75, 3.05) is 29.6 Å². The van der Waals surface area contributed by atoms with Crippen molar-refractivity contribution in [2.24, 2.45) is 0 Å². The second kappa shape index (κ2) is 8.18. The number of nitriles is 1. The van der Waals surface area contributed by atoms with Gasteiger partial charge in [0.2, 0.25) is 0 Å². The van der Waals surface area contributed by atoms with Gasteiger partial charge in [0.15, 0.2) is 0 Å². The van der Waals surface area contributed by atoms with E-state index in [1.165, 1.54) is 0 Å². The predicted molar refractivity (Wildman–Crippen MR) is 110 cm³/mol. The van der Waals surface area contributed by atoms with E-state index in [1.54, 1.807) is 24.3 Å². The Labute approximate surface area is 163 Å². The Kier molecular flexibility index (Phi) is 5.51. The van der Waals surface area contributed by atoms with Crippen molar-refractivity contribution in [3.8, 4) is 6.07 Å². The Morgan fingerprint density at radius 3 is 2.25 bits per heavy atom. The minimum Gasteiger partial charge on any atom is -0.363 e. The minimum atomic E-state index is -0.229. The number of aromatic nitrogens is 2. The summed E-state index contributed by atoms with van der Waals surface area (Å²) >= 11 is 0. The van der Waals surface area contributed by atoms with Crippen LogP contribution in [0.25, 0.3) is 0 Å². The number of hydrogen-bond donors (Lipinski definition) is 2. The molecule has 1 aromatic heterocycles. The first-order chi connectivity index (χ1) is 13.4. The number of hydrogen-bond acceptors (Lipinski definition) is 6. The molecule has 2 N–H and O–H groups in total. The molecule has 0 aliphatic carbocycles. The van der Waals surface area contributed by atoms with Crippen molar-refractivity contribution >= 4 is 28.9 Å². The fourth-order valence-corrected chi connectivity index (χ4v) is 2.53. The summed E-state index contributed by atoms with van der Waals surface area (Å²) in [5, 5.41) is 14.9. The number of benzene rings is 2. The minimum absolute atomic E-state index is 0.229. The molecule has 0 atom stereocenters. The molecule has 1 amide bonds. The topological polar surface area (TPSA) is 93.9 Å². The van der Waals surface area contributed by atoms with Gasteiger partial charge in [-0.15, -0.1) is 0 Å². The third-order valence-corrected chi connectivity index (χ3v) is 3.97. The van der Waals surface area contributed by atoms with Gasteiger partial charge in [0, 0.05) is 37.1 Å². The first-order valence-electron chi connectivity index (χ1n) is 8.66. The molecule has 0 aliphatic rings. The van der Waals surface area contributed by atoms with Gasteiger partial charge in [-0.05, 0) is 55.5 Å². The zero-order valence-electron chi connectivity index (χ0n) is 15.9. The van der Waals surface area contributed by atoms with Crippen LogP contribution in [0.15, 0.2) is 54.6 Å². The summed E-state index contributed by atoms with van der Waals surface area (Å²) in [6.07, 6.45) is 0. The van der Waals surface area contributed by atoms with Crippen LogP contribution in [0, 0.1) is 18.3 Å². The lowest BCUT2D eigenvalue weighted by atomic mass is 10.1. The number of carbonyl (C=O) groups is 1. The molecule has 1 heterocycles. The molecule has 7 heteroatoms. The Morgan fingerprint density at radius 1 is 1.00 bits per heavy atom. The number of carbonyl (C=O) groups excluding carboxylic acids is 1. The van der Waals surface area contributed by atoms with E-state index in [0.29, 0.717) is 28.5 Å². The number of aryl methyl sites for hydroxylation is 1. The van der Waals surface area contributed by atoms with E-state index >= 15 is 0 Å². The number of nitrogens with one attached hydrogen (secondary N) is 2. The summed E-state index contributed by atoms with van der Waals surface area (Å²) in [7, 11) is 3.85. The zero-order chi connectivity index (χ0) is 20.1. The van der Waals surface area contributed by atoms with E-state index in [0.717, 1.165) is 11.5 Å². The molecule has 0 bridgehead atoms. The van der Waals surface area contributed by atoms with Crippen LogP contribution < -0.4 is 15.5 Å². The van der Waals surface area contributed by atoms with Crippen molar-refractivity contribution in [1.29, 1.82) is 5.26 Å². The second-order valence-corrected chi connectivity index (χ2v) is 6.40. The molecule has 7 nitrogen and oxygen atoms in total. The molecule has 0 radical (unpaired) electrons. The first-order valence-corrected chi connectivity index (χ1v) is 8.66. The fourth-order valence-electron chi connectivity index (χ4n) is 2.53. The Bertz CT molecular complexity index is 1020. The molecule has 3 rings (SSSR count). The van der Waals surface area contributed by atoms with Crippen LogP contribution in [0.5, 0.6) is 0 Å². The zero-order valence-corrected chi connectivity index (χ0v) is 15.9. The van der Waals surface area contributed by atoms with E-state index < -0.39 is 0 Å². The molecule has 0 saturated heterocycles. The Morgan fingerprint density at radius 2 is 1.64 bits per heavy atom. The molecule has 0 aliphatic heterocycles. The van der Waals surface area contributed by atoms with Gasteiger partial charge in [-0.3, -0.25) is 4.79 Å². The fraction of sp³-hybridized carbons (Fsp3) is 0.143. The predicted octanol–water partition coefficient (Wildman–Crippen LogP) is 3.72. The monoisotopic (exact) mass is 372 g/mol. The van der Waals surface area contributed by atoms with Gasteiger partial charge in [0.05, 0.1) is 11.6 Å². The number of amides is 1. The van der Waals surface area contributed by atoms with Gasteiger partial charge in [-0.2, -0.15) is 5.26 Å². The lowest BCUT2D eigenvalue weighted by molar-refractivity contribution is 0.102. The number of rotatable bonds is 5. The van der Waals surface area contributed by atoms with Crippen LogP contribution in [0.4, 0.5) is 23.0 Å². The standard InChI is InChI=1S/C21H20N6O/c1-14-23-19(12-20(24-14)27(2)3)25-17-8-10-18(11-9-17)26-21(28)16-6-4-15(13-22)5-7-16/h4-12H,1-3H3,(H,26,28)(H,23,24,25). The molecule has 0 fully saturated rings. The van der Waals surface area contributed by atoms with E-state index in [2.05, 4.69) is 20.6 Å². The highest BCUT2D eigenvalue weighted by molar-refractivity contribution is 6.04. The van der Waals surface area contributed by atoms with Gasteiger partial charge in [0.25, 0.3) is 5.91 Å². The largest absolute Gasteiger partial charge is 0.363 e. The highest BCUT2D eigenvalue weighted by Crippen LogP contribution is 2.21. The maximum Gasteiger partial charge on any atom is 0.255 e. The van der Waals surface area contributed by atoms with Crippen molar-refractivity contribution < 1.29 is 4.79 Å². The smallest absolute Gasteiger partial charge is 0.255 e. The van der Waals surface area contributed by atoms with Crippen LogP contribution >= 0.6 is 0 Å². The highest BCUT2D eigenvalue weighted by Gasteiger charge is 2.07. The van der Waals surface area contributed by atoms with E-state index in [9.17, 15) is 4.79 Å². The van der Waals surface area contributed by atoms with Crippen molar-refractivity contribution in [3.63, 3.8) is 0 Å².